The van der Waals surface area contributed by atoms with E-state index in [9.17, 15) is 13.2 Å². The van der Waals surface area contributed by atoms with Gasteiger partial charge < -0.3 is 5.73 Å². The molecule has 1 saturated heterocycles. The molecule has 19 heavy (non-hydrogen) atoms. The molecule has 0 spiro atoms. The van der Waals surface area contributed by atoms with Gasteiger partial charge in [-0.3, -0.25) is 4.90 Å². The molecule has 1 aliphatic carbocycles. The van der Waals surface area contributed by atoms with Crippen LogP contribution in [-0.4, -0.2) is 35.7 Å². The minimum atomic E-state index is -4.03. The van der Waals surface area contributed by atoms with Gasteiger partial charge in [0.05, 0.1) is 5.92 Å². The normalized spacial score (nSPS) is 36.2. The number of alkyl halides is 3. The molecule has 0 aromatic carbocycles. The van der Waals surface area contributed by atoms with Gasteiger partial charge in [-0.15, -0.1) is 0 Å². The summed E-state index contributed by atoms with van der Waals surface area (Å²) in [4.78, 5) is 2.28. The summed E-state index contributed by atoms with van der Waals surface area (Å²) in [6, 6.07) is 0.397. The SMILES string of the molecule is CC(N)C1CCCCN1C1CCCC(C(F)(F)F)C1. The summed E-state index contributed by atoms with van der Waals surface area (Å²) in [5.74, 6) is -1.11. The summed E-state index contributed by atoms with van der Waals surface area (Å²) in [6.45, 7) is 2.90. The van der Waals surface area contributed by atoms with Crippen LogP contribution >= 0.6 is 0 Å². The zero-order valence-corrected chi connectivity index (χ0v) is 11.6. The van der Waals surface area contributed by atoms with E-state index in [4.69, 9.17) is 5.73 Å². The van der Waals surface area contributed by atoms with Crippen molar-refractivity contribution in [3.63, 3.8) is 0 Å². The number of nitrogens with two attached hydrogens (primary N) is 1. The van der Waals surface area contributed by atoms with Crippen LogP contribution in [0.2, 0.25) is 0 Å². The lowest BCUT2D eigenvalue weighted by Gasteiger charge is -2.46. The molecule has 0 radical (unpaired) electrons. The average molecular weight is 278 g/mol. The fourth-order valence-corrected chi connectivity index (χ4v) is 3.76. The Kier molecular flexibility index (Phi) is 4.77. The molecular formula is C14H25F3N2. The number of halogens is 3. The first-order chi connectivity index (χ1) is 8.89. The average Bonchev–Trinajstić information content (AvgIpc) is 2.38. The minimum Gasteiger partial charge on any atom is -0.327 e. The summed E-state index contributed by atoms with van der Waals surface area (Å²) >= 11 is 0. The Hall–Kier alpha value is -0.290. The molecule has 4 unspecified atom stereocenters. The van der Waals surface area contributed by atoms with Crippen molar-refractivity contribution in [1.29, 1.82) is 0 Å². The Balaban J connectivity index is 2.03. The van der Waals surface area contributed by atoms with E-state index in [1.807, 2.05) is 6.92 Å². The molecule has 2 aliphatic rings. The van der Waals surface area contributed by atoms with E-state index in [-0.39, 0.29) is 24.5 Å². The van der Waals surface area contributed by atoms with Gasteiger partial charge in [-0.25, -0.2) is 0 Å². The highest BCUT2D eigenvalue weighted by molar-refractivity contribution is 4.91. The number of rotatable bonds is 2. The first kappa shape index (κ1) is 15.1. The molecule has 4 atom stereocenters. The first-order valence-corrected chi connectivity index (χ1v) is 7.47. The molecule has 0 aromatic rings. The van der Waals surface area contributed by atoms with Crippen molar-refractivity contribution < 1.29 is 13.2 Å². The highest BCUT2D eigenvalue weighted by atomic mass is 19.4. The number of likely N-dealkylation sites (tertiary alicyclic amines) is 1. The standard InChI is InChI=1S/C14H25F3N2/c1-10(18)13-7-2-3-8-19(13)12-6-4-5-11(9-12)14(15,16)17/h10-13H,2-9,18H2,1H3. The van der Waals surface area contributed by atoms with Crippen LogP contribution in [0.15, 0.2) is 0 Å². The predicted molar refractivity (Wildman–Crippen MR) is 69.8 cm³/mol. The molecule has 1 saturated carbocycles. The third-order valence-electron chi connectivity index (χ3n) is 4.78. The summed E-state index contributed by atoms with van der Waals surface area (Å²) in [5.41, 5.74) is 6.02. The Labute approximate surface area is 113 Å². The molecule has 0 bridgehead atoms. The van der Waals surface area contributed by atoms with Crippen molar-refractivity contribution in [2.45, 2.75) is 76.2 Å². The highest BCUT2D eigenvalue weighted by Crippen LogP contribution is 2.40. The van der Waals surface area contributed by atoms with Crippen molar-refractivity contribution in [1.82, 2.24) is 4.90 Å². The summed E-state index contributed by atoms with van der Waals surface area (Å²) in [6.07, 6.45) is 1.41. The number of piperidine rings is 1. The molecule has 1 aliphatic heterocycles. The quantitative estimate of drug-likeness (QED) is 0.839. The van der Waals surface area contributed by atoms with Crippen LogP contribution in [0.25, 0.3) is 0 Å². The van der Waals surface area contributed by atoms with Crippen LogP contribution in [0.5, 0.6) is 0 Å². The molecule has 0 aromatic heterocycles. The van der Waals surface area contributed by atoms with Gasteiger partial charge in [-0.05, 0) is 45.6 Å². The molecule has 1 heterocycles. The largest absolute Gasteiger partial charge is 0.391 e. The third kappa shape index (κ3) is 3.63. The van der Waals surface area contributed by atoms with Crippen LogP contribution in [0.4, 0.5) is 13.2 Å². The molecule has 0 amide bonds. The fraction of sp³-hybridized carbons (Fsp3) is 1.00. The summed E-state index contributed by atoms with van der Waals surface area (Å²) in [5, 5.41) is 0. The van der Waals surface area contributed by atoms with E-state index in [0.717, 1.165) is 32.2 Å². The monoisotopic (exact) mass is 278 g/mol. The van der Waals surface area contributed by atoms with E-state index >= 15 is 0 Å². The third-order valence-corrected chi connectivity index (χ3v) is 4.78. The molecule has 112 valence electrons. The molecule has 5 heteroatoms. The fourth-order valence-electron chi connectivity index (χ4n) is 3.76. The van der Waals surface area contributed by atoms with Gasteiger partial charge in [0.2, 0.25) is 0 Å². The second-order valence-corrected chi connectivity index (χ2v) is 6.22. The van der Waals surface area contributed by atoms with Gasteiger partial charge in [-0.2, -0.15) is 13.2 Å². The first-order valence-electron chi connectivity index (χ1n) is 7.47. The lowest BCUT2D eigenvalue weighted by Crippen LogP contribution is -2.54. The van der Waals surface area contributed by atoms with Crippen LogP contribution in [-0.2, 0) is 0 Å². The maximum atomic E-state index is 12.9. The molecule has 2 rings (SSSR count). The lowest BCUT2D eigenvalue weighted by molar-refractivity contribution is -0.188. The van der Waals surface area contributed by atoms with Gasteiger partial charge in [0.25, 0.3) is 0 Å². The summed E-state index contributed by atoms with van der Waals surface area (Å²) in [7, 11) is 0. The van der Waals surface area contributed by atoms with E-state index in [1.54, 1.807) is 0 Å². The molecule has 2 fully saturated rings. The smallest absolute Gasteiger partial charge is 0.327 e. The van der Waals surface area contributed by atoms with Gasteiger partial charge >= 0.3 is 6.18 Å². The van der Waals surface area contributed by atoms with Gasteiger partial charge in [-0.1, -0.05) is 12.8 Å². The van der Waals surface area contributed by atoms with Crippen molar-refractivity contribution in [3.05, 3.63) is 0 Å². The Morgan fingerprint density at radius 1 is 1.11 bits per heavy atom. The second-order valence-electron chi connectivity index (χ2n) is 6.22. The Bertz CT molecular complexity index is 291. The molecular weight excluding hydrogens is 253 g/mol. The Morgan fingerprint density at radius 3 is 2.47 bits per heavy atom. The maximum Gasteiger partial charge on any atom is 0.391 e. The summed E-state index contributed by atoms with van der Waals surface area (Å²) < 4.78 is 38.7. The lowest BCUT2D eigenvalue weighted by atomic mass is 9.82. The molecule has 2 N–H and O–H groups in total. The molecule has 2 nitrogen and oxygen atoms in total. The van der Waals surface area contributed by atoms with Crippen molar-refractivity contribution in [3.8, 4) is 0 Å². The van der Waals surface area contributed by atoms with Crippen molar-refractivity contribution in [2.24, 2.45) is 11.7 Å². The minimum absolute atomic E-state index is 0.0477. The van der Waals surface area contributed by atoms with Crippen LogP contribution in [0, 0.1) is 5.92 Å². The van der Waals surface area contributed by atoms with E-state index < -0.39 is 12.1 Å². The van der Waals surface area contributed by atoms with E-state index in [1.165, 1.54) is 0 Å². The van der Waals surface area contributed by atoms with Crippen LogP contribution < -0.4 is 5.73 Å². The zero-order valence-electron chi connectivity index (χ0n) is 11.6. The van der Waals surface area contributed by atoms with Crippen molar-refractivity contribution >= 4 is 0 Å². The highest BCUT2D eigenvalue weighted by Gasteiger charge is 2.44. The Morgan fingerprint density at radius 2 is 1.84 bits per heavy atom. The van der Waals surface area contributed by atoms with Crippen LogP contribution in [0.1, 0.15) is 51.9 Å². The van der Waals surface area contributed by atoms with Gasteiger partial charge in [0.1, 0.15) is 0 Å². The number of hydrogen-bond acceptors (Lipinski definition) is 2. The van der Waals surface area contributed by atoms with Crippen molar-refractivity contribution in [2.75, 3.05) is 6.54 Å². The number of nitrogens with zero attached hydrogens (tertiary/aromatic N) is 1. The maximum absolute atomic E-state index is 12.9. The van der Waals surface area contributed by atoms with Gasteiger partial charge in [0.15, 0.2) is 0 Å². The van der Waals surface area contributed by atoms with Gasteiger partial charge in [0, 0.05) is 18.1 Å². The predicted octanol–water partition coefficient (Wildman–Crippen LogP) is 3.31. The zero-order chi connectivity index (χ0) is 14.0. The van der Waals surface area contributed by atoms with E-state index in [0.29, 0.717) is 12.8 Å². The topological polar surface area (TPSA) is 29.3 Å². The van der Waals surface area contributed by atoms with Crippen LogP contribution in [0.3, 0.4) is 0 Å². The second kappa shape index (κ2) is 6.00. The number of hydrogen-bond donors (Lipinski definition) is 1. The van der Waals surface area contributed by atoms with E-state index in [2.05, 4.69) is 4.90 Å².